The number of ether oxygens (including phenoxy) is 2. The number of anilines is 2. The van der Waals surface area contributed by atoms with Crippen LogP contribution in [0.1, 0.15) is 0 Å². The van der Waals surface area contributed by atoms with Crippen molar-refractivity contribution in [1.82, 2.24) is 0 Å². The van der Waals surface area contributed by atoms with Crippen LogP contribution in [0.15, 0.2) is 42.5 Å². The molecule has 2 aromatic carbocycles. The molecule has 2 aliphatic heterocycles. The fourth-order valence-corrected chi connectivity index (χ4v) is 5.16. The number of fused-ring (bicyclic) bond motifs is 2. The summed E-state index contributed by atoms with van der Waals surface area (Å²) in [6.45, 7) is -1.05. The van der Waals surface area contributed by atoms with Gasteiger partial charge in [-0.3, -0.25) is 0 Å². The van der Waals surface area contributed by atoms with Crippen molar-refractivity contribution in [2.45, 2.75) is 61.3 Å². The predicted octanol–water partition coefficient (Wildman–Crippen LogP) is -2.76. The number of hydrogen-bond donors (Lipinski definition) is 10. The maximum Gasteiger partial charge on any atom is 0.214 e. The smallest absolute Gasteiger partial charge is 0.214 e. The van der Waals surface area contributed by atoms with E-state index in [1.165, 1.54) is 0 Å². The van der Waals surface area contributed by atoms with E-state index in [1.807, 2.05) is 41.9 Å². The Morgan fingerprint density at radius 3 is 1.41 bits per heavy atom. The largest absolute Gasteiger partial charge is 0.394 e. The number of aryl methyl sites for hydroxylation is 1. The molecule has 0 bridgehead atoms. The normalized spacial score (nSPS) is 35.3. The molecule has 212 valence electrons. The SMILES string of the molecule is C[n+]1c2cc(N[C@@H]3O[C@H](CO)[C@H](O)[C@H](O)[C@H]3O)ccc2cc2ccc(N[C@@H]3O[C@H](CO)[C@H](O)[C@H](O)[C@H]3O)cc21. The molecule has 1 aromatic heterocycles. The van der Waals surface area contributed by atoms with Crippen molar-refractivity contribution < 1.29 is 54.9 Å². The molecule has 2 fully saturated rings. The van der Waals surface area contributed by atoms with E-state index in [0.717, 1.165) is 21.8 Å². The van der Waals surface area contributed by atoms with Crippen LogP contribution in [-0.4, -0.2) is 115 Å². The van der Waals surface area contributed by atoms with E-state index in [2.05, 4.69) is 10.6 Å². The summed E-state index contributed by atoms with van der Waals surface area (Å²) in [5, 5.41) is 87.7. The Morgan fingerprint density at radius 2 is 1.03 bits per heavy atom. The zero-order chi connectivity index (χ0) is 28.0. The number of nitrogens with zero attached hydrogens (tertiary/aromatic N) is 1. The summed E-state index contributed by atoms with van der Waals surface area (Å²) < 4.78 is 13.0. The zero-order valence-corrected chi connectivity index (χ0v) is 21.1. The molecule has 13 nitrogen and oxygen atoms in total. The topological polar surface area (TPSA) is 208 Å². The third-order valence-electron chi connectivity index (χ3n) is 7.50. The number of aliphatic hydroxyl groups is 8. The molecule has 0 spiro atoms. The number of benzene rings is 2. The fraction of sp³-hybridized carbons (Fsp3) is 0.500. The van der Waals surface area contributed by atoms with Crippen molar-refractivity contribution in [3.8, 4) is 0 Å². The van der Waals surface area contributed by atoms with Crippen LogP contribution in [0.25, 0.3) is 21.8 Å². The average Bonchev–Trinajstić information content (AvgIpc) is 2.94. The monoisotopic (exact) mass is 548 g/mol. The lowest BCUT2D eigenvalue weighted by atomic mass is 9.98. The number of nitrogens with one attached hydrogen (secondary N) is 2. The molecule has 3 heterocycles. The summed E-state index contributed by atoms with van der Waals surface area (Å²) in [5.74, 6) is 0. The number of aliphatic hydroxyl groups excluding tert-OH is 8. The van der Waals surface area contributed by atoms with Gasteiger partial charge in [0.25, 0.3) is 0 Å². The van der Waals surface area contributed by atoms with Gasteiger partial charge >= 0.3 is 0 Å². The van der Waals surface area contributed by atoms with E-state index in [4.69, 9.17) is 9.47 Å². The summed E-state index contributed by atoms with van der Waals surface area (Å²) in [5.41, 5.74) is 2.75. The third kappa shape index (κ3) is 5.14. The average molecular weight is 549 g/mol. The van der Waals surface area contributed by atoms with Crippen LogP contribution in [0.2, 0.25) is 0 Å². The lowest BCUT2D eigenvalue weighted by molar-refractivity contribution is -0.617. The quantitative estimate of drug-likeness (QED) is 0.112. The van der Waals surface area contributed by atoms with E-state index in [0.29, 0.717) is 11.4 Å². The van der Waals surface area contributed by atoms with Gasteiger partial charge in [0.05, 0.1) is 13.2 Å². The molecule has 0 saturated carbocycles. The van der Waals surface area contributed by atoms with E-state index >= 15 is 0 Å². The molecular weight excluding hydrogens is 514 g/mol. The van der Waals surface area contributed by atoms with Crippen molar-refractivity contribution in [2.24, 2.45) is 7.05 Å². The lowest BCUT2D eigenvalue weighted by Crippen LogP contribution is -2.60. The highest BCUT2D eigenvalue weighted by molar-refractivity contribution is 5.91. The second kappa shape index (κ2) is 11.1. The molecular formula is C26H34N3O10+. The Bertz CT molecular complexity index is 1230. The van der Waals surface area contributed by atoms with Crippen molar-refractivity contribution in [3.05, 3.63) is 42.5 Å². The molecule has 0 unspecified atom stereocenters. The van der Waals surface area contributed by atoms with E-state index in [1.54, 1.807) is 12.1 Å². The zero-order valence-electron chi connectivity index (χ0n) is 21.1. The van der Waals surface area contributed by atoms with Crippen molar-refractivity contribution in [3.63, 3.8) is 0 Å². The molecule has 39 heavy (non-hydrogen) atoms. The van der Waals surface area contributed by atoms with Crippen LogP contribution in [0, 0.1) is 0 Å². The Kier molecular flexibility index (Phi) is 7.90. The first kappa shape index (κ1) is 27.9. The number of pyridine rings is 1. The maximum absolute atomic E-state index is 10.4. The highest BCUT2D eigenvalue weighted by Crippen LogP contribution is 2.28. The number of hydrogen-bond acceptors (Lipinski definition) is 12. The van der Waals surface area contributed by atoms with Crippen LogP contribution >= 0.6 is 0 Å². The van der Waals surface area contributed by atoms with Gasteiger partial charge in [-0.1, -0.05) is 0 Å². The molecule has 0 aliphatic carbocycles. The van der Waals surface area contributed by atoms with Gasteiger partial charge in [0.15, 0.2) is 12.5 Å². The van der Waals surface area contributed by atoms with Gasteiger partial charge in [0.1, 0.15) is 55.9 Å². The van der Waals surface area contributed by atoms with Gasteiger partial charge in [-0.2, -0.15) is 4.57 Å². The van der Waals surface area contributed by atoms with Gasteiger partial charge in [0.2, 0.25) is 11.0 Å². The standard InChI is InChI=1S/C26H33N3O10/c1-29-15-7-13(27-25-23(36)21(34)19(32)17(9-30)38-25)4-2-11(15)6-12-3-5-14(8-16(12)29)28-26-24(37)22(35)20(33)18(10-31)39-26/h2-8,17-26,30-37H,9-10H2,1H3,(H,27,28)/p+1/t17-,18-,19+,20+,21+,22+,23-,24-,25-,26-/m1/s1. The molecule has 10 atom stereocenters. The minimum absolute atomic E-state index is 0.526. The molecule has 2 aliphatic rings. The second-order valence-corrected chi connectivity index (χ2v) is 10.0. The first-order valence-corrected chi connectivity index (χ1v) is 12.6. The number of aromatic nitrogens is 1. The second-order valence-electron chi connectivity index (χ2n) is 10.0. The third-order valence-corrected chi connectivity index (χ3v) is 7.50. The molecule has 2 saturated heterocycles. The van der Waals surface area contributed by atoms with Gasteiger partial charge in [-0.05, 0) is 30.3 Å². The first-order chi connectivity index (χ1) is 18.6. The molecule has 5 rings (SSSR count). The lowest BCUT2D eigenvalue weighted by Gasteiger charge is -2.40. The summed E-state index contributed by atoms with van der Waals surface area (Å²) in [6, 6.07) is 13.0. The van der Waals surface area contributed by atoms with Crippen molar-refractivity contribution >= 4 is 33.2 Å². The van der Waals surface area contributed by atoms with Crippen molar-refractivity contribution in [1.29, 1.82) is 0 Å². The van der Waals surface area contributed by atoms with E-state index < -0.39 is 74.5 Å². The summed E-state index contributed by atoms with van der Waals surface area (Å²) >= 11 is 0. The predicted molar refractivity (Wildman–Crippen MR) is 137 cm³/mol. The van der Waals surface area contributed by atoms with Gasteiger partial charge in [0, 0.05) is 34.3 Å². The Balaban J connectivity index is 1.42. The number of rotatable bonds is 6. The Labute approximate surface area is 223 Å². The molecule has 0 radical (unpaired) electrons. The van der Waals surface area contributed by atoms with Gasteiger partial charge < -0.3 is 61.0 Å². The minimum Gasteiger partial charge on any atom is -0.394 e. The Morgan fingerprint density at radius 1 is 0.615 bits per heavy atom. The van der Waals surface area contributed by atoms with Gasteiger partial charge in [-0.25, -0.2) is 0 Å². The van der Waals surface area contributed by atoms with Crippen LogP contribution in [0.5, 0.6) is 0 Å². The summed E-state index contributed by atoms with van der Waals surface area (Å²) in [7, 11) is 1.86. The highest BCUT2D eigenvalue weighted by atomic mass is 16.6. The van der Waals surface area contributed by atoms with E-state index in [9.17, 15) is 40.9 Å². The fourth-order valence-electron chi connectivity index (χ4n) is 5.16. The molecule has 3 aromatic rings. The van der Waals surface area contributed by atoms with Crippen LogP contribution in [0.3, 0.4) is 0 Å². The van der Waals surface area contributed by atoms with Crippen molar-refractivity contribution in [2.75, 3.05) is 23.8 Å². The van der Waals surface area contributed by atoms with E-state index in [-0.39, 0.29) is 0 Å². The first-order valence-electron chi connectivity index (χ1n) is 12.6. The highest BCUT2D eigenvalue weighted by Gasteiger charge is 2.44. The Hall–Kier alpha value is -2.69. The molecule has 13 heteroatoms. The molecule has 0 amide bonds. The minimum atomic E-state index is -1.50. The summed E-state index contributed by atoms with van der Waals surface area (Å²) in [6.07, 6.45) is -13.0. The van der Waals surface area contributed by atoms with Crippen LogP contribution in [-0.2, 0) is 16.5 Å². The molecule has 10 N–H and O–H groups in total. The van der Waals surface area contributed by atoms with Gasteiger partial charge in [-0.15, -0.1) is 0 Å². The van der Waals surface area contributed by atoms with Crippen LogP contribution < -0.4 is 15.2 Å². The summed E-state index contributed by atoms with van der Waals surface area (Å²) in [4.78, 5) is 0. The van der Waals surface area contributed by atoms with Crippen LogP contribution in [0.4, 0.5) is 11.4 Å². The maximum atomic E-state index is 10.4.